The van der Waals surface area contributed by atoms with Crippen LogP contribution >= 0.6 is 0 Å². The van der Waals surface area contributed by atoms with Crippen LogP contribution in [0, 0.1) is 17.5 Å². The molecule has 43 heavy (non-hydrogen) atoms. The molecule has 0 radical (unpaired) electrons. The SMILES string of the molecule is CC1CNCC(CCCc2c(F)cccc2NC(=O)C(N)C(c2cccc(F)c2)c2cccc(F)c2)N1S(=O)(=O)C1CC1. The number of piperazine rings is 1. The van der Waals surface area contributed by atoms with Crippen molar-refractivity contribution < 1.29 is 26.4 Å². The molecule has 5 rings (SSSR count). The van der Waals surface area contributed by atoms with Gasteiger partial charge in [0.05, 0.1) is 11.3 Å². The Morgan fingerprint density at radius 3 is 2.23 bits per heavy atom. The highest BCUT2D eigenvalue weighted by Crippen LogP contribution is 2.35. The zero-order valence-corrected chi connectivity index (χ0v) is 24.8. The maximum Gasteiger partial charge on any atom is 0.242 e. The number of nitrogens with one attached hydrogen (secondary N) is 2. The fourth-order valence-corrected chi connectivity index (χ4v) is 8.29. The molecule has 1 saturated carbocycles. The van der Waals surface area contributed by atoms with E-state index in [0.717, 1.165) is 0 Å². The molecule has 11 heteroatoms. The Kier molecular flexibility index (Phi) is 9.55. The zero-order valence-electron chi connectivity index (χ0n) is 24.0. The highest BCUT2D eigenvalue weighted by molar-refractivity contribution is 7.90. The number of nitrogens with zero attached hydrogens (tertiary/aromatic N) is 1. The number of nitrogens with two attached hydrogens (primary N) is 1. The van der Waals surface area contributed by atoms with Crippen LogP contribution in [0.1, 0.15) is 55.2 Å². The van der Waals surface area contributed by atoms with E-state index in [1.54, 1.807) is 22.5 Å². The third kappa shape index (κ3) is 7.12. The normalized spacial score (nSPS) is 20.2. The Labute approximate surface area is 250 Å². The van der Waals surface area contributed by atoms with Gasteiger partial charge in [-0.3, -0.25) is 4.79 Å². The number of rotatable bonds is 11. The van der Waals surface area contributed by atoms with Gasteiger partial charge in [-0.1, -0.05) is 30.3 Å². The van der Waals surface area contributed by atoms with E-state index in [0.29, 0.717) is 49.9 Å². The maximum absolute atomic E-state index is 15.1. The molecule has 3 atom stereocenters. The first-order valence-electron chi connectivity index (χ1n) is 14.6. The third-order valence-corrected chi connectivity index (χ3v) is 10.8. The Balaban J connectivity index is 1.32. The summed E-state index contributed by atoms with van der Waals surface area (Å²) in [4.78, 5) is 13.5. The predicted octanol–water partition coefficient (Wildman–Crippen LogP) is 4.68. The lowest BCUT2D eigenvalue weighted by molar-refractivity contribution is -0.117. The summed E-state index contributed by atoms with van der Waals surface area (Å²) in [6.45, 7) is 3.00. The van der Waals surface area contributed by atoms with Gasteiger partial charge in [0.15, 0.2) is 0 Å². The van der Waals surface area contributed by atoms with Gasteiger partial charge in [0.2, 0.25) is 15.9 Å². The second-order valence-electron chi connectivity index (χ2n) is 11.5. The van der Waals surface area contributed by atoms with E-state index in [-0.39, 0.29) is 35.0 Å². The summed E-state index contributed by atoms with van der Waals surface area (Å²) in [5, 5.41) is 5.74. The van der Waals surface area contributed by atoms with Gasteiger partial charge in [0, 0.05) is 42.3 Å². The van der Waals surface area contributed by atoms with Gasteiger partial charge in [0.1, 0.15) is 17.5 Å². The minimum Gasteiger partial charge on any atom is -0.324 e. The first-order valence-corrected chi connectivity index (χ1v) is 16.1. The van der Waals surface area contributed by atoms with Crippen molar-refractivity contribution >= 4 is 21.6 Å². The molecule has 1 saturated heterocycles. The van der Waals surface area contributed by atoms with Gasteiger partial charge in [-0.15, -0.1) is 0 Å². The molecule has 1 heterocycles. The number of anilines is 1. The largest absolute Gasteiger partial charge is 0.324 e. The van der Waals surface area contributed by atoms with Crippen molar-refractivity contribution in [2.75, 3.05) is 18.4 Å². The second-order valence-corrected chi connectivity index (χ2v) is 13.6. The first-order chi connectivity index (χ1) is 20.6. The second kappa shape index (κ2) is 13.2. The molecule has 2 aliphatic rings. The molecular weight excluding hydrogens is 577 g/mol. The summed E-state index contributed by atoms with van der Waals surface area (Å²) >= 11 is 0. The van der Waals surface area contributed by atoms with Crippen LogP contribution in [-0.2, 0) is 21.2 Å². The van der Waals surface area contributed by atoms with Gasteiger partial charge in [-0.05, 0) is 86.6 Å². The van der Waals surface area contributed by atoms with Crippen LogP contribution < -0.4 is 16.4 Å². The van der Waals surface area contributed by atoms with E-state index in [2.05, 4.69) is 10.6 Å². The number of hydrogen-bond acceptors (Lipinski definition) is 5. The van der Waals surface area contributed by atoms with Gasteiger partial charge < -0.3 is 16.4 Å². The van der Waals surface area contributed by atoms with Crippen LogP contribution in [0.4, 0.5) is 18.9 Å². The fraction of sp³-hybridized carbons (Fsp3) is 0.406. The molecule has 1 aliphatic carbocycles. The predicted molar refractivity (Wildman–Crippen MR) is 160 cm³/mol. The average molecular weight is 615 g/mol. The van der Waals surface area contributed by atoms with Gasteiger partial charge in [-0.2, -0.15) is 4.31 Å². The van der Waals surface area contributed by atoms with E-state index >= 15 is 4.39 Å². The highest BCUT2D eigenvalue weighted by Gasteiger charge is 2.45. The van der Waals surface area contributed by atoms with Crippen LogP contribution in [0.3, 0.4) is 0 Å². The molecule has 4 N–H and O–H groups in total. The van der Waals surface area contributed by atoms with Crippen molar-refractivity contribution in [2.24, 2.45) is 5.73 Å². The molecule has 7 nitrogen and oxygen atoms in total. The lowest BCUT2D eigenvalue weighted by Crippen LogP contribution is -2.58. The Morgan fingerprint density at radius 2 is 1.63 bits per heavy atom. The summed E-state index contributed by atoms with van der Waals surface area (Å²) in [6.07, 6.45) is 2.64. The highest BCUT2D eigenvalue weighted by atomic mass is 32.2. The molecule has 3 unspecified atom stereocenters. The average Bonchev–Trinajstić information content (AvgIpc) is 3.81. The van der Waals surface area contributed by atoms with E-state index in [1.165, 1.54) is 48.5 Å². The summed E-state index contributed by atoms with van der Waals surface area (Å²) < 4.78 is 71.3. The number of carbonyl (C=O) groups is 1. The Hall–Kier alpha value is -3.25. The van der Waals surface area contributed by atoms with Crippen molar-refractivity contribution in [3.05, 3.63) is 101 Å². The van der Waals surface area contributed by atoms with Gasteiger partial charge in [-0.25, -0.2) is 21.6 Å². The number of halogens is 3. The molecule has 0 spiro atoms. The van der Waals surface area contributed by atoms with Crippen molar-refractivity contribution in [1.29, 1.82) is 0 Å². The van der Waals surface area contributed by atoms with Crippen molar-refractivity contribution in [3.63, 3.8) is 0 Å². The number of hydrogen-bond donors (Lipinski definition) is 3. The number of benzene rings is 3. The lowest BCUT2D eigenvalue weighted by atomic mass is 9.84. The molecule has 0 bridgehead atoms. The molecule has 3 aromatic carbocycles. The lowest BCUT2D eigenvalue weighted by Gasteiger charge is -2.40. The summed E-state index contributed by atoms with van der Waals surface area (Å²) in [6, 6.07) is 14.0. The van der Waals surface area contributed by atoms with Crippen LogP contribution in [0.25, 0.3) is 0 Å². The zero-order chi connectivity index (χ0) is 30.7. The summed E-state index contributed by atoms with van der Waals surface area (Å²) in [5.74, 6) is -3.06. The molecule has 1 aliphatic heterocycles. The van der Waals surface area contributed by atoms with Gasteiger partial charge >= 0.3 is 0 Å². The van der Waals surface area contributed by atoms with Crippen LogP contribution in [-0.4, -0.2) is 55.1 Å². The van der Waals surface area contributed by atoms with E-state index in [4.69, 9.17) is 5.73 Å². The monoisotopic (exact) mass is 614 g/mol. The first kappa shape index (κ1) is 31.2. The van der Waals surface area contributed by atoms with E-state index in [9.17, 15) is 22.0 Å². The van der Waals surface area contributed by atoms with E-state index < -0.39 is 45.3 Å². The topological polar surface area (TPSA) is 105 Å². The molecule has 2 fully saturated rings. The van der Waals surface area contributed by atoms with Crippen molar-refractivity contribution in [1.82, 2.24) is 9.62 Å². The standard InChI is InChI=1S/C32H37F3N4O3S/c1-20-18-37-19-25(39(20)43(41,42)26-14-15-26)10-4-11-27-28(35)12-5-13-29(27)38-32(40)31(36)30(21-6-2-8-23(33)16-21)22-7-3-9-24(34)17-22/h2-3,5-9,12-13,16-17,20,25-26,30-31,37H,4,10-11,14-15,18-19,36H2,1H3,(H,38,40). The minimum absolute atomic E-state index is 0.168. The van der Waals surface area contributed by atoms with Crippen LogP contribution in [0.2, 0.25) is 0 Å². The summed E-state index contributed by atoms with van der Waals surface area (Å²) in [7, 11) is -3.38. The Bertz CT molecular complexity index is 1520. The minimum atomic E-state index is -3.38. The smallest absolute Gasteiger partial charge is 0.242 e. The molecule has 1 amide bonds. The van der Waals surface area contributed by atoms with Crippen LogP contribution in [0.15, 0.2) is 66.7 Å². The number of carbonyl (C=O) groups excluding carboxylic acids is 1. The number of sulfonamides is 1. The van der Waals surface area contributed by atoms with Crippen molar-refractivity contribution in [2.45, 2.75) is 68.3 Å². The van der Waals surface area contributed by atoms with Crippen LogP contribution in [0.5, 0.6) is 0 Å². The van der Waals surface area contributed by atoms with E-state index in [1.807, 2.05) is 6.92 Å². The number of amides is 1. The molecule has 0 aromatic heterocycles. The third-order valence-electron chi connectivity index (χ3n) is 8.27. The Morgan fingerprint density at radius 1 is 1.00 bits per heavy atom. The fourth-order valence-electron chi connectivity index (χ4n) is 6.04. The summed E-state index contributed by atoms with van der Waals surface area (Å²) in [5.41, 5.74) is 7.76. The van der Waals surface area contributed by atoms with Crippen molar-refractivity contribution in [3.8, 4) is 0 Å². The molecule has 3 aromatic rings. The quantitative estimate of drug-likeness (QED) is 0.291. The molecular formula is C32H37F3N4O3S. The maximum atomic E-state index is 15.1. The van der Waals surface area contributed by atoms with Gasteiger partial charge in [0.25, 0.3) is 0 Å². The molecule has 230 valence electrons.